The van der Waals surface area contributed by atoms with Crippen LogP contribution < -0.4 is 4.74 Å². The summed E-state index contributed by atoms with van der Waals surface area (Å²) in [5.41, 5.74) is 0.817. The molecule has 1 unspecified atom stereocenters. The van der Waals surface area contributed by atoms with E-state index in [9.17, 15) is 10.2 Å². The van der Waals surface area contributed by atoms with E-state index in [4.69, 9.17) is 23.7 Å². The molecule has 7 heteroatoms. The van der Waals surface area contributed by atoms with Crippen LogP contribution in [0.25, 0.3) is 0 Å². The Bertz CT molecular complexity index is 533. The first-order chi connectivity index (χ1) is 12.1. The van der Waals surface area contributed by atoms with Gasteiger partial charge in [-0.3, -0.25) is 0 Å². The van der Waals surface area contributed by atoms with Gasteiger partial charge >= 0.3 is 0 Å². The van der Waals surface area contributed by atoms with Gasteiger partial charge in [0.1, 0.15) is 30.2 Å². The molecular formula is C18H26O7. The molecule has 1 aromatic rings. The highest BCUT2D eigenvalue weighted by molar-refractivity contribution is 5.28. The summed E-state index contributed by atoms with van der Waals surface area (Å²) in [5, 5.41) is 20.3. The van der Waals surface area contributed by atoms with Gasteiger partial charge in [-0.1, -0.05) is 25.5 Å². The predicted molar refractivity (Wildman–Crippen MR) is 88.1 cm³/mol. The lowest BCUT2D eigenvalue weighted by molar-refractivity contribution is -0.358. The molecule has 0 spiro atoms. The standard InChI is InChI=1S/C18H26O7/c1-3-4-9-22-12-7-5-11(6-8-12)17-23-10-13-16(25-17)14(19)15(20)18(21-2)24-13/h5-8,13-20H,3-4,9-10H2,1-2H3/t13-,14-,15-,16-,17?,18+/m1/s1. The first-order valence-electron chi connectivity index (χ1n) is 8.68. The number of hydrogen-bond acceptors (Lipinski definition) is 7. The van der Waals surface area contributed by atoms with Gasteiger partial charge < -0.3 is 33.9 Å². The molecule has 2 heterocycles. The first kappa shape index (κ1) is 18.6. The topological polar surface area (TPSA) is 86.6 Å². The number of aliphatic hydroxyl groups is 2. The molecule has 25 heavy (non-hydrogen) atoms. The summed E-state index contributed by atoms with van der Waals surface area (Å²) in [6.45, 7) is 3.05. The first-order valence-corrected chi connectivity index (χ1v) is 8.68. The number of fused-ring (bicyclic) bond motifs is 1. The molecule has 2 aliphatic heterocycles. The van der Waals surface area contributed by atoms with Crippen molar-refractivity contribution in [1.82, 2.24) is 0 Å². The Labute approximate surface area is 147 Å². The van der Waals surface area contributed by atoms with E-state index in [-0.39, 0.29) is 6.61 Å². The fourth-order valence-electron chi connectivity index (χ4n) is 3.00. The van der Waals surface area contributed by atoms with Gasteiger partial charge in [-0.15, -0.1) is 0 Å². The smallest absolute Gasteiger partial charge is 0.186 e. The molecule has 3 rings (SSSR count). The van der Waals surface area contributed by atoms with E-state index in [1.165, 1.54) is 7.11 Å². The monoisotopic (exact) mass is 354 g/mol. The van der Waals surface area contributed by atoms with Crippen molar-refractivity contribution in [2.24, 2.45) is 0 Å². The van der Waals surface area contributed by atoms with E-state index in [2.05, 4.69) is 6.92 Å². The second-order valence-corrected chi connectivity index (χ2v) is 6.30. The van der Waals surface area contributed by atoms with Gasteiger partial charge in [-0.2, -0.15) is 0 Å². The van der Waals surface area contributed by atoms with Crippen LogP contribution in [-0.4, -0.2) is 61.2 Å². The summed E-state index contributed by atoms with van der Waals surface area (Å²) < 4.78 is 27.8. The van der Waals surface area contributed by atoms with Gasteiger partial charge in [0.25, 0.3) is 0 Å². The van der Waals surface area contributed by atoms with Crippen LogP contribution in [0.15, 0.2) is 24.3 Å². The van der Waals surface area contributed by atoms with E-state index >= 15 is 0 Å². The molecular weight excluding hydrogens is 328 g/mol. The van der Waals surface area contributed by atoms with Gasteiger partial charge in [0, 0.05) is 12.7 Å². The zero-order chi connectivity index (χ0) is 17.8. The minimum absolute atomic E-state index is 0.244. The molecule has 2 fully saturated rings. The van der Waals surface area contributed by atoms with Crippen molar-refractivity contribution < 1.29 is 33.9 Å². The lowest BCUT2D eigenvalue weighted by Crippen LogP contribution is -2.62. The summed E-state index contributed by atoms with van der Waals surface area (Å²) in [4.78, 5) is 0. The molecule has 0 amide bonds. The van der Waals surface area contributed by atoms with Crippen LogP contribution in [0, 0.1) is 0 Å². The van der Waals surface area contributed by atoms with Crippen LogP contribution in [0.2, 0.25) is 0 Å². The second-order valence-electron chi connectivity index (χ2n) is 6.30. The normalized spacial score (nSPS) is 35.2. The van der Waals surface area contributed by atoms with Gasteiger partial charge in [0.05, 0.1) is 13.2 Å². The number of benzene rings is 1. The molecule has 140 valence electrons. The van der Waals surface area contributed by atoms with Crippen LogP contribution in [0.4, 0.5) is 0 Å². The van der Waals surface area contributed by atoms with Gasteiger partial charge in [0.2, 0.25) is 0 Å². The molecule has 0 aromatic heterocycles. The van der Waals surface area contributed by atoms with Crippen LogP contribution in [0.3, 0.4) is 0 Å². The van der Waals surface area contributed by atoms with E-state index in [1.807, 2.05) is 24.3 Å². The van der Waals surface area contributed by atoms with Crippen molar-refractivity contribution >= 4 is 0 Å². The summed E-state index contributed by atoms with van der Waals surface area (Å²) in [7, 11) is 1.42. The number of unbranched alkanes of at least 4 members (excludes halogenated alkanes) is 1. The van der Waals surface area contributed by atoms with Crippen LogP contribution >= 0.6 is 0 Å². The van der Waals surface area contributed by atoms with Crippen molar-refractivity contribution in [3.05, 3.63) is 29.8 Å². The Kier molecular flexibility index (Phi) is 6.27. The molecule has 0 aliphatic carbocycles. The number of rotatable bonds is 6. The van der Waals surface area contributed by atoms with E-state index in [1.54, 1.807) is 0 Å². The number of aliphatic hydroxyl groups excluding tert-OH is 2. The summed E-state index contributed by atoms with van der Waals surface area (Å²) >= 11 is 0. The molecule has 7 nitrogen and oxygen atoms in total. The second kappa shape index (κ2) is 8.44. The highest BCUT2D eigenvalue weighted by Gasteiger charge is 2.48. The van der Waals surface area contributed by atoms with Crippen LogP contribution in [0.5, 0.6) is 5.75 Å². The summed E-state index contributed by atoms with van der Waals surface area (Å²) in [6.07, 6.45) is -2.86. The van der Waals surface area contributed by atoms with Crippen molar-refractivity contribution in [3.63, 3.8) is 0 Å². The van der Waals surface area contributed by atoms with Crippen LogP contribution in [-0.2, 0) is 18.9 Å². The minimum atomic E-state index is -1.17. The van der Waals surface area contributed by atoms with E-state index in [0.29, 0.717) is 6.61 Å². The molecule has 2 saturated heterocycles. The Morgan fingerprint density at radius 2 is 1.88 bits per heavy atom. The molecule has 1 aromatic carbocycles. The predicted octanol–water partition coefficient (Wildman–Crippen LogP) is 1.37. The average molecular weight is 354 g/mol. The largest absolute Gasteiger partial charge is 0.494 e. The lowest BCUT2D eigenvalue weighted by Gasteiger charge is -2.45. The number of ether oxygens (including phenoxy) is 5. The molecule has 2 aliphatic rings. The van der Waals surface area contributed by atoms with Gasteiger partial charge in [0.15, 0.2) is 12.6 Å². The fourth-order valence-corrected chi connectivity index (χ4v) is 3.00. The van der Waals surface area contributed by atoms with Gasteiger partial charge in [-0.25, -0.2) is 0 Å². The van der Waals surface area contributed by atoms with Crippen molar-refractivity contribution in [3.8, 4) is 5.75 Å². The van der Waals surface area contributed by atoms with Crippen LogP contribution in [0.1, 0.15) is 31.6 Å². The quantitative estimate of drug-likeness (QED) is 0.746. The molecule has 2 N–H and O–H groups in total. The maximum absolute atomic E-state index is 10.3. The SMILES string of the molecule is CCCCOc1ccc(C2OC[C@H]3O[C@H](OC)[C@H](O)[C@@H](O)[C@@H]3O2)cc1. The average Bonchev–Trinajstić information content (AvgIpc) is 2.65. The highest BCUT2D eigenvalue weighted by atomic mass is 16.7. The Hall–Kier alpha value is -1.22. The van der Waals surface area contributed by atoms with Crippen molar-refractivity contribution in [2.45, 2.75) is 56.8 Å². The zero-order valence-electron chi connectivity index (χ0n) is 14.5. The van der Waals surface area contributed by atoms with Crippen molar-refractivity contribution in [1.29, 1.82) is 0 Å². The Morgan fingerprint density at radius 1 is 1.12 bits per heavy atom. The number of methoxy groups -OCH3 is 1. The minimum Gasteiger partial charge on any atom is -0.494 e. The Balaban J connectivity index is 1.62. The maximum Gasteiger partial charge on any atom is 0.186 e. The molecule has 0 saturated carbocycles. The molecule has 0 radical (unpaired) electrons. The zero-order valence-corrected chi connectivity index (χ0v) is 14.5. The molecule has 0 bridgehead atoms. The third-order valence-electron chi connectivity index (χ3n) is 4.48. The Morgan fingerprint density at radius 3 is 2.56 bits per heavy atom. The maximum atomic E-state index is 10.3. The van der Waals surface area contributed by atoms with Gasteiger partial charge in [-0.05, 0) is 18.6 Å². The lowest BCUT2D eigenvalue weighted by atomic mass is 9.98. The van der Waals surface area contributed by atoms with Crippen molar-refractivity contribution in [2.75, 3.05) is 20.3 Å². The van der Waals surface area contributed by atoms with E-state index < -0.39 is 37.0 Å². The fraction of sp³-hybridized carbons (Fsp3) is 0.667. The number of hydrogen-bond donors (Lipinski definition) is 2. The van der Waals surface area contributed by atoms with E-state index in [0.717, 1.165) is 24.2 Å². The highest BCUT2D eigenvalue weighted by Crippen LogP contribution is 2.34. The third kappa shape index (κ3) is 4.13. The molecule has 6 atom stereocenters. The third-order valence-corrected chi connectivity index (χ3v) is 4.48. The summed E-state index contributed by atoms with van der Waals surface area (Å²) in [6, 6.07) is 7.48. The summed E-state index contributed by atoms with van der Waals surface area (Å²) in [5.74, 6) is 0.797.